The molecule has 0 bridgehead atoms. The molecule has 0 saturated heterocycles. The van der Waals surface area contributed by atoms with E-state index < -0.39 is 12.1 Å². The van der Waals surface area contributed by atoms with Crippen molar-refractivity contribution < 1.29 is 19.1 Å². The second kappa shape index (κ2) is 9.24. The number of ether oxygens (including phenoxy) is 1. The molecular formula is C25H27NO4. The molecule has 1 amide bonds. The molecule has 5 nitrogen and oxygen atoms in total. The van der Waals surface area contributed by atoms with Gasteiger partial charge in [0.1, 0.15) is 0 Å². The number of benzene rings is 2. The van der Waals surface area contributed by atoms with Gasteiger partial charge in [-0.2, -0.15) is 0 Å². The molecule has 0 unspecified atom stereocenters. The molecule has 2 aliphatic rings. The number of ketones is 1. The number of carbonyl (C=O) groups is 3. The summed E-state index contributed by atoms with van der Waals surface area (Å²) in [5, 5.41) is 2.89. The van der Waals surface area contributed by atoms with Gasteiger partial charge in [0.2, 0.25) is 6.10 Å². The number of nitrogens with one attached hydrogen (secondary N) is 1. The third kappa shape index (κ3) is 5.15. The molecule has 1 fully saturated rings. The van der Waals surface area contributed by atoms with Gasteiger partial charge >= 0.3 is 5.97 Å². The molecule has 156 valence electrons. The number of hydrogen-bond acceptors (Lipinski definition) is 4. The summed E-state index contributed by atoms with van der Waals surface area (Å²) in [4.78, 5) is 37.6. The summed E-state index contributed by atoms with van der Waals surface area (Å²) in [6.45, 7) is 0. The van der Waals surface area contributed by atoms with Gasteiger partial charge in [0, 0.05) is 23.6 Å². The Hall–Kier alpha value is -2.95. The van der Waals surface area contributed by atoms with Crippen LogP contribution >= 0.6 is 0 Å². The monoisotopic (exact) mass is 405 g/mol. The van der Waals surface area contributed by atoms with E-state index in [1.54, 1.807) is 24.3 Å². The highest BCUT2D eigenvalue weighted by molar-refractivity contribution is 5.98. The Morgan fingerprint density at radius 3 is 2.40 bits per heavy atom. The molecular weight excluding hydrogens is 378 g/mol. The van der Waals surface area contributed by atoms with E-state index in [0.29, 0.717) is 11.1 Å². The highest BCUT2D eigenvalue weighted by Gasteiger charge is 2.30. The van der Waals surface area contributed by atoms with Crippen LogP contribution in [0.3, 0.4) is 0 Å². The fourth-order valence-corrected chi connectivity index (χ4v) is 3.86. The Balaban J connectivity index is 1.36. The van der Waals surface area contributed by atoms with Crippen LogP contribution in [0.4, 0.5) is 0 Å². The first-order chi connectivity index (χ1) is 14.6. The molecule has 2 aliphatic carbocycles. The van der Waals surface area contributed by atoms with Crippen LogP contribution in [0.15, 0.2) is 48.5 Å². The van der Waals surface area contributed by atoms with Crippen LogP contribution in [-0.4, -0.2) is 23.7 Å². The molecule has 30 heavy (non-hydrogen) atoms. The minimum Gasteiger partial charge on any atom is -0.447 e. The van der Waals surface area contributed by atoms with E-state index in [1.807, 2.05) is 24.3 Å². The lowest BCUT2D eigenvalue weighted by atomic mass is 9.89. The molecule has 2 aromatic carbocycles. The fourth-order valence-electron chi connectivity index (χ4n) is 3.86. The Labute approximate surface area is 176 Å². The van der Waals surface area contributed by atoms with E-state index in [9.17, 15) is 14.4 Å². The molecule has 4 rings (SSSR count). The van der Waals surface area contributed by atoms with Crippen LogP contribution in [0, 0.1) is 0 Å². The Morgan fingerprint density at radius 1 is 0.933 bits per heavy atom. The number of esters is 1. The summed E-state index contributed by atoms with van der Waals surface area (Å²) in [5.74, 6) is -0.918. The van der Waals surface area contributed by atoms with Gasteiger partial charge in [0.15, 0.2) is 5.78 Å². The van der Waals surface area contributed by atoms with Gasteiger partial charge in [-0.3, -0.25) is 14.4 Å². The molecule has 1 saturated carbocycles. The number of amides is 1. The van der Waals surface area contributed by atoms with Crippen molar-refractivity contribution in [2.45, 2.75) is 63.5 Å². The number of fused-ring (bicyclic) bond motifs is 1. The summed E-state index contributed by atoms with van der Waals surface area (Å²) in [6.07, 6.45) is 5.38. The maximum atomic E-state index is 12.6. The molecule has 2 aromatic rings. The summed E-state index contributed by atoms with van der Waals surface area (Å²) in [7, 11) is 0. The van der Waals surface area contributed by atoms with Gasteiger partial charge in [-0.25, -0.2) is 0 Å². The lowest BCUT2D eigenvalue weighted by Gasteiger charge is -2.18. The minimum absolute atomic E-state index is 0.0457. The molecule has 0 spiro atoms. The second-order valence-electron chi connectivity index (χ2n) is 8.18. The number of Topliss-reactive ketones (excluding diaryl/α,β-unsaturated/α-hetero) is 1. The van der Waals surface area contributed by atoms with Crippen LogP contribution < -0.4 is 5.32 Å². The Bertz CT molecular complexity index is 933. The number of aryl methyl sites for hydroxylation is 2. The maximum absolute atomic E-state index is 12.6. The number of carbonyl (C=O) groups excluding carboxylic acids is 3. The zero-order chi connectivity index (χ0) is 20.9. The molecule has 1 N–H and O–H groups in total. The maximum Gasteiger partial charge on any atom is 0.307 e. The third-order valence-corrected chi connectivity index (χ3v) is 5.74. The zero-order valence-corrected chi connectivity index (χ0v) is 17.1. The van der Waals surface area contributed by atoms with Gasteiger partial charge in [0.25, 0.3) is 5.91 Å². The molecule has 1 atom stereocenters. The lowest BCUT2D eigenvalue weighted by molar-refractivity contribution is -0.156. The first kappa shape index (κ1) is 20.3. The standard InChI is InChI=1S/C25H27NO4/c27-22(20-11-10-17-6-4-5-9-19(17)16-20)14-15-23(28)30-24(18-7-2-1-3-8-18)25(29)26-21-12-13-21/h1-3,7-8,10-11,16,21,24H,4-6,9,12-15H2,(H,26,29)/t24-/m0/s1. The third-order valence-electron chi connectivity index (χ3n) is 5.74. The summed E-state index contributed by atoms with van der Waals surface area (Å²) in [5.41, 5.74) is 3.85. The van der Waals surface area contributed by atoms with Crippen LogP contribution in [-0.2, 0) is 27.2 Å². The van der Waals surface area contributed by atoms with Crippen LogP contribution in [0.2, 0.25) is 0 Å². The molecule has 0 aliphatic heterocycles. The van der Waals surface area contributed by atoms with Crippen molar-refractivity contribution in [2.24, 2.45) is 0 Å². The van der Waals surface area contributed by atoms with Crippen LogP contribution in [0.25, 0.3) is 0 Å². The topological polar surface area (TPSA) is 72.5 Å². The van der Waals surface area contributed by atoms with Crippen molar-refractivity contribution >= 4 is 17.7 Å². The quantitative estimate of drug-likeness (QED) is 0.530. The van der Waals surface area contributed by atoms with Crippen LogP contribution in [0.1, 0.15) is 71.7 Å². The average molecular weight is 405 g/mol. The zero-order valence-electron chi connectivity index (χ0n) is 17.1. The van der Waals surface area contributed by atoms with Crippen molar-refractivity contribution in [3.05, 3.63) is 70.8 Å². The van der Waals surface area contributed by atoms with Crippen molar-refractivity contribution in [2.75, 3.05) is 0 Å². The summed E-state index contributed by atoms with van der Waals surface area (Å²) in [6, 6.07) is 15.0. The molecule has 5 heteroatoms. The van der Waals surface area contributed by atoms with E-state index in [0.717, 1.165) is 32.1 Å². The SMILES string of the molecule is O=C(CCC(=O)c1ccc2c(c1)CCCC2)O[C@H](C(=O)NC1CC1)c1ccccc1. The van der Waals surface area contributed by atoms with Crippen molar-refractivity contribution in [3.8, 4) is 0 Å². The van der Waals surface area contributed by atoms with Crippen molar-refractivity contribution in [1.29, 1.82) is 0 Å². The van der Waals surface area contributed by atoms with Crippen molar-refractivity contribution in [1.82, 2.24) is 5.32 Å². The lowest BCUT2D eigenvalue weighted by Crippen LogP contribution is -2.33. The van der Waals surface area contributed by atoms with Gasteiger partial charge in [-0.05, 0) is 55.7 Å². The van der Waals surface area contributed by atoms with E-state index in [2.05, 4.69) is 5.32 Å². The van der Waals surface area contributed by atoms with Gasteiger partial charge in [0.05, 0.1) is 6.42 Å². The largest absolute Gasteiger partial charge is 0.447 e. The Morgan fingerprint density at radius 2 is 1.67 bits per heavy atom. The van der Waals surface area contributed by atoms with Gasteiger partial charge < -0.3 is 10.1 Å². The van der Waals surface area contributed by atoms with Crippen molar-refractivity contribution in [3.63, 3.8) is 0 Å². The molecule has 0 aromatic heterocycles. The first-order valence-corrected chi connectivity index (χ1v) is 10.8. The Kier molecular flexibility index (Phi) is 6.26. The fraction of sp³-hybridized carbons (Fsp3) is 0.400. The highest BCUT2D eigenvalue weighted by Crippen LogP contribution is 2.25. The predicted molar refractivity (Wildman–Crippen MR) is 113 cm³/mol. The number of hydrogen-bond donors (Lipinski definition) is 1. The molecule has 0 radical (unpaired) electrons. The van der Waals surface area contributed by atoms with E-state index in [1.165, 1.54) is 17.5 Å². The average Bonchev–Trinajstić information content (AvgIpc) is 3.60. The smallest absolute Gasteiger partial charge is 0.307 e. The van der Waals surface area contributed by atoms with Gasteiger partial charge in [-0.1, -0.05) is 42.5 Å². The van der Waals surface area contributed by atoms with Gasteiger partial charge in [-0.15, -0.1) is 0 Å². The summed E-state index contributed by atoms with van der Waals surface area (Å²) >= 11 is 0. The minimum atomic E-state index is -0.988. The first-order valence-electron chi connectivity index (χ1n) is 10.8. The van der Waals surface area contributed by atoms with E-state index in [4.69, 9.17) is 4.74 Å². The molecule has 0 heterocycles. The second-order valence-corrected chi connectivity index (χ2v) is 8.18. The highest BCUT2D eigenvalue weighted by atomic mass is 16.5. The summed E-state index contributed by atoms with van der Waals surface area (Å²) < 4.78 is 5.50. The van der Waals surface area contributed by atoms with Crippen LogP contribution in [0.5, 0.6) is 0 Å². The van der Waals surface area contributed by atoms with E-state index >= 15 is 0 Å². The van der Waals surface area contributed by atoms with E-state index in [-0.39, 0.29) is 30.6 Å². The number of rotatable bonds is 8. The normalized spacial score (nSPS) is 16.3. The predicted octanol–water partition coefficient (Wildman–Crippen LogP) is 4.09.